The SMILES string of the molecule is C[C@H]1c2c([nH]c3ccc(C(F)(F)F)cc23)CC2CCN(CCC3(C(=O)O)CCCCC3)CC21. The second-order valence-corrected chi connectivity index (χ2v) is 10.7. The van der Waals surface area contributed by atoms with Crippen molar-refractivity contribution >= 4 is 16.9 Å². The number of piperidine rings is 1. The van der Waals surface area contributed by atoms with Crippen LogP contribution in [0.25, 0.3) is 10.9 Å². The Hall–Kier alpha value is -2.02. The predicted octanol–water partition coefficient (Wildman–Crippen LogP) is 6.21. The third kappa shape index (κ3) is 4.07. The minimum atomic E-state index is -4.35. The number of likely N-dealkylation sites (tertiary alicyclic amines) is 1. The molecule has 0 spiro atoms. The maximum Gasteiger partial charge on any atom is 0.416 e. The zero-order valence-electron chi connectivity index (χ0n) is 19.2. The third-order valence-electron chi connectivity index (χ3n) is 8.87. The van der Waals surface area contributed by atoms with Gasteiger partial charge >= 0.3 is 12.1 Å². The monoisotopic (exact) mass is 462 g/mol. The number of carboxylic acid groups (broad SMARTS) is 1. The first-order chi connectivity index (χ1) is 15.7. The Kier molecular flexibility index (Phi) is 5.74. The molecular formula is C26H33F3N2O2. The van der Waals surface area contributed by atoms with Crippen LogP contribution in [0.2, 0.25) is 0 Å². The quantitative estimate of drug-likeness (QED) is 0.568. The fourth-order valence-electron chi connectivity index (χ4n) is 6.90. The van der Waals surface area contributed by atoms with Crippen LogP contribution in [0.4, 0.5) is 13.2 Å². The van der Waals surface area contributed by atoms with Gasteiger partial charge in [-0.15, -0.1) is 0 Å². The molecule has 3 aliphatic rings. The first-order valence-electron chi connectivity index (χ1n) is 12.4. The van der Waals surface area contributed by atoms with Gasteiger partial charge in [-0.25, -0.2) is 0 Å². The van der Waals surface area contributed by atoms with Crippen molar-refractivity contribution in [1.82, 2.24) is 9.88 Å². The summed E-state index contributed by atoms with van der Waals surface area (Å²) in [4.78, 5) is 17.9. The van der Waals surface area contributed by atoms with Crippen LogP contribution >= 0.6 is 0 Å². The van der Waals surface area contributed by atoms with E-state index in [-0.39, 0.29) is 5.92 Å². The van der Waals surface area contributed by atoms with E-state index in [0.29, 0.717) is 23.6 Å². The third-order valence-corrected chi connectivity index (χ3v) is 8.87. The molecule has 5 rings (SSSR count). The number of fused-ring (bicyclic) bond motifs is 4. The molecule has 2 fully saturated rings. The van der Waals surface area contributed by atoms with Gasteiger partial charge < -0.3 is 15.0 Å². The van der Waals surface area contributed by atoms with Crippen molar-refractivity contribution in [2.75, 3.05) is 19.6 Å². The van der Waals surface area contributed by atoms with E-state index in [4.69, 9.17) is 0 Å². The molecule has 7 heteroatoms. The highest BCUT2D eigenvalue weighted by molar-refractivity contribution is 5.86. The van der Waals surface area contributed by atoms with Crippen molar-refractivity contribution in [3.63, 3.8) is 0 Å². The maximum atomic E-state index is 13.3. The molecule has 2 aliphatic carbocycles. The van der Waals surface area contributed by atoms with Crippen LogP contribution < -0.4 is 0 Å². The van der Waals surface area contributed by atoms with E-state index >= 15 is 0 Å². The van der Waals surface area contributed by atoms with Crippen molar-refractivity contribution < 1.29 is 23.1 Å². The summed E-state index contributed by atoms with van der Waals surface area (Å²) in [6.07, 6.45) is 2.96. The molecule has 2 unspecified atom stereocenters. The van der Waals surface area contributed by atoms with E-state index in [1.165, 1.54) is 6.07 Å². The fraction of sp³-hybridized carbons (Fsp3) is 0.654. The predicted molar refractivity (Wildman–Crippen MR) is 121 cm³/mol. The number of H-pyrrole nitrogens is 1. The van der Waals surface area contributed by atoms with Gasteiger partial charge in [0, 0.05) is 23.1 Å². The van der Waals surface area contributed by atoms with E-state index in [0.717, 1.165) is 87.4 Å². The van der Waals surface area contributed by atoms with Gasteiger partial charge in [-0.05, 0) is 86.7 Å². The van der Waals surface area contributed by atoms with Crippen LogP contribution in [0.5, 0.6) is 0 Å². The zero-order chi connectivity index (χ0) is 23.4. The van der Waals surface area contributed by atoms with Crippen LogP contribution in [-0.2, 0) is 17.4 Å². The first kappa shape index (κ1) is 22.8. The molecule has 1 aliphatic heterocycles. The zero-order valence-corrected chi connectivity index (χ0v) is 19.2. The number of aromatic amines is 1. The number of aliphatic carboxylic acids is 1. The minimum Gasteiger partial charge on any atom is -0.481 e. The molecule has 1 saturated heterocycles. The van der Waals surface area contributed by atoms with Gasteiger partial charge in [0.05, 0.1) is 11.0 Å². The maximum absolute atomic E-state index is 13.3. The minimum absolute atomic E-state index is 0.168. The Morgan fingerprint density at radius 2 is 2.00 bits per heavy atom. The van der Waals surface area contributed by atoms with Crippen molar-refractivity contribution in [3.05, 3.63) is 35.0 Å². The summed E-state index contributed by atoms with van der Waals surface area (Å²) < 4.78 is 40.0. The summed E-state index contributed by atoms with van der Waals surface area (Å²) in [5, 5.41) is 10.6. The van der Waals surface area contributed by atoms with Gasteiger partial charge in [-0.1, -0.05) is 26.2 Å². The molecule has 4 nitrogen and oxygen atoms in total. The summed E-state index contributed by atoms with van der Waals surface area (Å²) in [5.74, 6) is 0.419. The van der Waals surface area contributed by atoms with Crippen LogP contribution in [0.1, 0.15) is 74.6 Å². The number of carbonyl (C=O) groups is 1. The highest BCUT2D eigenvalue weighted by Gasteiger charge is 2.43. The molecule has 1 saturated carbocycles. The Bertz CT molecular complexity index is 1040. The van der Waals surface area contributed by atoms with Crippen LogP contribution in [0.3, 0.4) is 0 Å². The second-order valence-electron chi connectivity index (χ2n) is 10.7. The number of nitrogens with zero attached hydrogens (tertiary/aromatic N) is 1. The first-order valence-corrected chi connectivity index (χ1v) is 12.4. The van der Waals surface area contributed by atoms with Crippen molar-refractivity contribution in [2.45, 2.75) is 70.4 Å². The molecule has 0 bridgehead atoms. The largest absolute Gasteiger partial charge is 0.481 e. The Morgan fingerprint density at radius 3 is 2.70 bits per heavy atom. The Balaban J connectivity index is 1.35. The number of benzene rings is 1. The van der Waals surface area contributed by atoms with Crippen LogP contribution in [0, 0.1) is 17.3 Å². The fourth-order valence-corrected chi connectivity index (χ4v) is 6.90. The average Bonchev–Trinajstić information content (AvgIpc) is 3.15. The normalized spacial score (nSPS) is 27.8. The topological polar surface area (TPSA) is 56.3 Å². The second kappa shape index (κ2) is 8.33. The van der Waals surface area contributed by atoms with Gasteiger partial charge in [-0.2, -0.15) is 13.2 Å². The molecule has 3 atom stereocenters. The number of rotatable bonds is 4. The van der Waals surface area contributed by atoms with E-state index in [1.807, 2.05) is 0 Å². The van der Waals surface area contributed by atoms with Crippen LogP contribution in [-0.4, -0.2) is 40.6 Å². The van der Waals surface area contributed by atoms with Gasteiger partial charge in [0.15, 0.2) is 0 Å². The summed E-state index contributed by atoms with van der Waals surface area (Å²) in [7, 11) is 0. The number of nitrogens with one attached hydrogen (secondary N) is 1. The van der Waals surface area contributed by atoms with Crippen LogP contribution in [0.15, 0.2) is 18.2 Å². The molecule has 0 radical (unpaired) electrons. The molecule has 0 amide bonds. The molecule has 1 aromatic heterocycles. The lowest BCUT2D eigenvalue weighted by Gasteiger charge is -2.45. The van der Waals surface area contributed by atoms with E-state index in [1.54, 1.807) is 6.07 Å². The highest BCUT2D eigenvalue weighted by atomic mass is 19.4. The van der Waals surface area contributed by atoms with Gasteiger partial charge in [0.2, 0.25) is 0 Å². The van der Waals surface area contributed by atoms with E-state index in [9.17, 15) is 23.1 Å². The number of carboxylic acids is 1. The van der Waals surface area contributed by atoms with Crippen molar-refractivity contribution in [3.8, 4) is 0 Å². The Labute approximate surface area is 192 Å². The summed E-state index contributed by atoms with van der Waals surface area (Å²) in [5.41, 5.74) is 1.76. The number of alkyl halides is 3. The van der Waals surface area contributed by atoms with Crippen molar-refractivity contribution in [2.24, 2.45) is 17.3 Å². The molecule has 1 aromatic carbocycles. The lowest BCUT2D eigenvalue weighted by Crippen LogP contribution is -2.47. The number of hydrogen-bond acceptors (Lipinski definition) is 2. The molecule has 2 heterocycles. The van der Waals surface area contributed by atoms with Gasteiger partial charge in [0.1, 0.15) is 0 Å². The van der Waals surface area contributed by atoms with Gasteiger partial charge in [0.25, 0.3) is 0 Å². The lowest BCUT2D eigenvalue weighted by molar-refractivity contribution is -0.152. The standard InChI is InChI=1S/C26H33F3N2O2/c1-16-20-15-31(12-10-25(24(32)33)8-3-2-4-9-25)11-7-17(20)13-22-23(16)19-14-18(26(27,28)29)5-6-21(19)30-22/h5-6,14,16-17,20,30H,2-4,7-13,15H2,1H3,(H,32,33)/t16-,17?,20?/m1/s1. The number of halogens is 3. The van der Waals surface area contributed by atoms with E-state index < -0.39 is 23.1 Å². The average molecular weight is 463 g/mol. The highest BCUT2D eigenvalue weighted by Crippen LogP contribution is 2.47. The lowest BCUT2D eigenvalue weighted by atomic mass is 9.67. The number of hydrogen-bond donors (Lipinski definition) is 2. The summed E-state index contributed by atoms with van der Waals surface area (Å²) in [6.45, 7) is 4.82. The molecule has 2 aromatic rings. The van der Waals surface area contributed by atoms with Crippen molar-refractivity contribution in [1.29, 1.82) is 0 Å². The summed E-state index contributed by atoms with van der Waals surface area (Å²) in [6, 6.07) is 4.03. The smallest absolute Gasteiger partial charge is 0.416 e. The summed E-state index contributed by atoms with van der Waals surface area (Å²) >= 11 is 0. The molecule has 2 N–H and O–H groups in total. The Morgan fingerprint density at radius 1 is 1.24 bits per heavy atom. The number of aromatic nitrogens is 1. The molecule has 33 heavy (non-hydrogen) atoms. The van der Waals surface area contributed by atoms with E-state index in [2.05, 4.69) is 16.8 Å². The molecular weight excluding hydrogens is 429 g/mol. The molecule has 180 valence electrons. The van der Waals surface area contributed by atoms with Gasteiger partial charge in [-0.3, -0.25) is 4.79 Å².